The van der Waals surface area contributed by atoms with E-state index in [-0.39, 0.29) is 5.75 Å². The first-order valence-corrected chi connectivity index (χ1v) is 6.97. The summed E-state index contributed by atoms with van der Waals surface area (Å²) in [5, 5.41) is 0. The molecule has 0 radical (unpaired) electrons. The first-order valence-electron chi connectivity index (χ1n) is 5.14. The van der Waals surface area contributed by atoms with Crippen LogP contribution in [0.15, 0.2) is 0 Å². The highest BCUT2D eigenvalue weighted by Crippen LogP contribution is 2.00. The summed E-state index contributed by atoms with van der Waals surface area (Å²) in [6.45, 7) is 6.01. The lowest BCUT2D eigenvalue weighted by Gasteiger charge is -2.26. The first-order chi connectivity index (χ1) is 6.64. The van der Waals surface area contributed by atoms with Gasteiger partial charge in [-0.05, 0) is 13.0 Å². The Morgan fingerprint density at radius 1 is 1.29 bits per heavy atom. The fourth-order valence-electron chi connectivity index (χ4n) is 1.48. The maximum absolute atomic E-state index is 11.2. The van der Waals surface area contributed by atoms with Crippen LogP contribution in [-0.2, 0) is 14.6 Å². The van der Waals surface area contributed by atoms with Crippen molar-refractivity contribution in [3.8, 4) is 0 Å². The van der Waals surface area contributed by atoms with Gasteiger partial charge < -0.3 is 4.74 Å². The minimum absolute atomic E-state index is 0.260. The molecule has 1 aliphatic heterocycles. The highest BCUT2D eigenvalue weighted by atomic mass is 32.2. The number of morpholine rings is 1. The van der Waals surface area contributed by atoms with Crippen LogP contribution in [0.5, 0.6) is 0 Å². The van der Waals surface area contributed by atoms with E-state index in [1.54, 1.807) is 6.92 Å². The van der Waals surface area contributed by atoms with E-state index >= 15 is 0 Å². The molecule has 1 heterocycles. The van der Waals surface area contributed by atoms with Crippen LogP contribution >= 0.6 is 0 Å². The van der Waals surface area contributed by atoms with Gasteiger partial charge in [-0.1, -0.05) is 6.92 Å². The molecule has 0 saturated carbocycles. The van der Waals surface area contributed by atoms with E-state index in [9.17, 15) is 8.42 Å². The molecule has 0 unspecified atom stereocenters. The second-order valence-electron chi connectivity index (χ2n) is 3.54. The van der Waals surface area contributed by atoms with E-state index in [1.165, 1.54) is 0 Å². The Balaban J connectivity index is 2.14. The molecule has 1 rings (SSSR count). The summed E-state index contributed by atoms with van der Waals surface area (Å²) in [4.78, 5) is 2.26. The van der Waals surface area contributed by atoms with E-state index in [2.05, 4.69) is 4.90 Å². The molecule has 14 heavy (non-hydrogen) atoms. The van der Waals surface area contributed by atoms with Crippen molar-refractivity contribution in [2.24, 2.45) is 0 Å². The number of sulfone groups is 1. The number of ether oxygens (including phenoxy) is 1. The van der Waals surface area contributed by atoms with Crippen molar-refractivity contribution >= 4 is 9.84 Å². The summed E-state index contributed by atoms with van der Waals surface area (Å²) in [5.74, 6) is 0.580. The highest BCUT2D eigenvalue weighted by Gasteiger charge is 2.12. The minimum Gasteiger partial charge on any atom is -0.379 e. The largest absolute Gasteiger partial charge is 0.379 e. The molecular formula is C9H19NO3S. The molecule has 0 aromatic carbocycles. The van der Waals surface area contributed by atoms with Gasteiger partial charge in [-0.15, -0.1) is 0 Å². The molecule has 0 spiro atoms. The summed E-state index contributed by atoms with van der Waals surface area (Å²) in [7, 11) is -2.78. The van der Waals surface area contributed by atoms with Gasteiger partial charge in [0.1, 0.15) is 9.84 Å². The Morgan fingerprint density at radius 2 is 1.93 bits per heavy atom. The van der Waals surface area contributed by atoms with E-state index in [0.717, 1.165) is 39.3 Å². The number of hydrogen-bond donors (Lipinski definition) is 0. The molecule has 0 aromatic heterocycles. The van der Waals surface area contributed by atoms with E-state index < -0.39 is 9.84 Å². The molecule has 0 bridgehead atoms. The quantitative estimate of drug-likeness (QED) is 0.662. The fraction of sp³-hybridized carbons (Fsp3) is 1.00. The SMILES string of the molecule is CCS(=O)(=O)CCCN1CCOCC1. The predicted molar refractivity (Wildman–Crippen MR) is 56.2 cm³/mol. The molecule has 4 nitrogen and oxygen atoms in total. The molecule has 0 aliphatic carbocycles. The van der Waals surface area contributed by atoms with Gasteiger partial charge in [0.15, 0.2) is 0 Å². The number of hydrogen-bond acceptors (Lipinski definition) is 4. The molecule has 0 amide bonds. The molecule has 1 aliphatic rings. The molecule has 5 heteroatoms. The second kappa shape index (κ2) is 5.68. The van der Waals surface area contributed by atoms with Crippen LogP contribution in [0.25, 0.3) is 0 Å². The molecular weight excluding hydrogens is 202 g/mol. The van der Waals surface area contributed by atoms with Crippen molar-refractivity contribution in [2.45, 2.75) is 13.3 Å². The zero-order valence-corrected chi connectivity index (χ0v) is 9.55. The maximum Gasteiger partial charge on any atom is 0.150 e. The van der Waals surface area contributed by atoms with Crippen molar-refractivity contribution in [1.29, 1.82) is 0 Å². The van der Waals surface area contributed by atoms with Crippen LogP contribution in [0.4, 0.5) is 0 Å². The molecule has 0 aromatic rings. The van der Waals surface area contributed by atoms with Gasteiger partial charge in [-0.2, -0.15) is 0 Å². The van der Waals surface area contributed by atoms with Crippen LogP contribution in [0.3, 0.4) is 0 Å². The average Bonchev–Trinajstić information content (AvgIpc) is 2.19. The Kier molecular flexibility index (Phi) is 4.84. The third kappa shape index (κ3) is 4.39. The van der Waals surface area contributed by atoms with Crippen molar-refractivity contribution in [2.75, 3.05) is 44.4 Å². The van der Waals surface area contributed by atoms with E-state index in [0.29, 0.717) is 5.75 Å². The van der Waals surface area contributed by atoms with Gasteiger partial charge >= 0.3 is 0 Å². The predicted octanol–water partition coefficient (Wildman–Crippen LogP) is 0.143. The average molecular weight is 221 g/mol. The summed E-state index contributed by atoms with van der Waals surface area (Å²) in [5.41, 5.74) is 0. The summed E-state index contributed by atoms with van der Waals surface area (Å²) in [6.07, 6.45) is 0.746. The van der Waals surface area contributed by atoms with Crippen LogP contribution in [0, 0.1) is 0 Å². The van der Waals surface area contributed by atoms with Gasteiger partial charge in [0, 0.05) is 18.8 Å². The Bertz CT molecular complexity index is 245. The van der Waals surface area contributed by atoms with Crippen LogP contribution < -0.4 is 0 Å². The number of rotatable bonds is 5. The van der Waals surface area contributed by atoms with Crippen LogP contribution in [0.1, 0.15) is 13.3 Å². The molecule has 1 fully saturated rings. The fourth-order valence-corrected chi connectivity index (χ4v) is 2.33. The van der Waals surface area contributed by atoms with Crippen molar-refractivity contribution in [3.63, 3.8) is 0 Å². The maximum atomic E-state index is 11.2. The Morgan fingerprint density at radius 3 is 2.50 bits per heavy atom. The monoisotopic (exact) mass is 221 g/mol. The molecule has 0 N–H and O–H groups in total. The third-order valence-corrected chi connectivity index (χ3v) is 4.26. The topological polar surface area (TPSA) is 46.6 Å². The first kappa shape index (κ1) is 11.9. The van der Waals surface area contributed by atoms with Gasteiger partial charge in [0.2, 0.25) is 0 Å². The van der Waals surface area contributed by atoms with Gasteiger partial charge in [-0.25, -0.2) is 8.42 Å². The van der Waals surface area contributed by atoms with Gasteiger partial charge in [0.25, 0.3) is 0 Å². The van der Waals surface area contributed by atoms with E-state index in [1.807, 2.05) is 0 Å². The summed E-state index contributed by atoms with van der Waals surface area (Å²) >= 11 is 0. The smallest absolute Gasteiger partial charge is 0.150 e. The standard InChI is InChI=1S/C9H19NO3S/c1-2-14(11,12)9-3-4-10-5-7-13-8-6-10/h2-9H2,1H3. The number of nitrogens with zero attached hydrogens (tertiary/aromatic N) is 1. The molecule has 1 saturated heterocycles. The summed E-state index contributed by atoms with van der Waals surface area (Å²) in [6, 6.07) is 0. The van der Waals surface area contributed by atoms with Gasteiger partial charge in [-0.3, -0.25) is 4.90 Å². The normalized spacial score (nSPS) is 19.8. The Labute approximate surface area is 86.2 Å². The zero-order chi connectivity index (χ0) is 10.4. The van der Waals surface area contributed by atoms with Crippen LogP contribution in [0.2, 0.25) is 0 Å². The van der Waals surface area contributed by atoms with E-state index in [4.69, 9.17) is 4.74 Å². The Hall–Kier alpha value is -0.130. The van der Waals surface area contributed by atoms with Crippen molar-refractivity contribution in [1.82, 2.24) is 4.90 Å². The molecule has 0 atom stereocenters. The lowest BCUT2D eigenvalue weighted by molar-refractivity contribution is 0.0381. The minimum atomic E-state index is -2.78. The van der Waals surface area contributed by atoms with Crippen LogP contribution in [-0.4, -0.2) is 57.7 Å². The van der Waals surface area contributed by atoms with Crippen molar-refractivity contribution in [3.05, 3.63) is 0 Å². The highest BCUT2D eigenvalue weighted by molar-refractivity contribution is 7.91. The second-order valence-corrected chi connectivity index (χ2v) is 6.02. The zero-order valence-electron chi connectivity index (χ0n) is 8.74. The molecule has 84 valence electrons. The third-order valence-electron chi connectivity index (χ3n) is 2.47. The van der Waals surface area contributed by atoms with Gasteiger partial charge in [0.05, 0.1) is 19.0 Å². The van der Waals surface area contributed by atoms with Crippen molar-refractivity contribution < 1.29 is 13.2 Å². The summed E-state index contributed by atoms with van der Waals surface area (Å²) < 4.78 is 27.6. The lowest BCUT2D eigenvalue weighted by atomic mass is 10.4. The lowest BCUT2D eigenvalue weighted by Crippen LogP contribution is -2.37.